The number of aliphatic hydroxyl groups excluding tert-OH is 1. The van der Waals surface area contributed by atoms with Gasteiger partial charge in [-0.25, -0.2) is 0 Å². The Bertz CT molecular complexity index is 820. The molecule has 0 saturated heterocycles. The Kier molecular flexibility index (Phi) is 6.10. The van der Waals surface area contributed by atoms with Crippen LogP contribution in [0.2, 0.25) is 0 Å². The molecule has 2 N–H and O–H groups in total. The predicted octanol–water partition coefficient (Wildman–Crippen LogP) is 6.71. The first-order valence-corrected chi connectivity index (χ1v) is 13.7. The molecule has 0 aromatic rings. The van der Waals surface area contributed by atoms with Crippen LogP contribution in [-0.4, -0.2) is 27.7 Å². The van der Waals surface area contributed by atoms with Gasteiger partial charge in [0.05, 0.1) is 11.7 Å². The standard InChI is InChI=1S/C30H50O3/c1-19(2)10-9-15-30(8,33)21-13-17-28(6)20(21)11-12-23-27(5)16-14-24(32)26(3,4)25(27)22(31)18-29(23,28)7/h10,20-23,25,31,33H,9,11-18H2,1-8H3/t20?,21?,22-,23?,25?,27+,28+,29-,30-/m0/s1. The highest BCUT2D eigenvalue weighted by Gasteiger charge is 2.71. The van der Waals surface area contributed by atoms with Gasteiger partial charge >= 0.3 is 0 Å². The summed E-state index contributed by atoms with van der Waals surface area (Å²) in [5, 5.41) is 23.3. The molecule has 188 valence electrons. The molecule has 4 saturated carbocycles. The highest BCUT2D eigenvalue weighted by atomic mass is 16.3. The lowest BCUT2D eigenvalue weighted by atomic mass is 9.35. The molecule has 3 heteroatoms. The molecule has 0 aliphatic heterocycles. The van der Waals surface area contributed by atoms with Crippen molar-refractivity contribution in [1.82, 2.24) is 0 Å². The summed E-state index contributed by atoms with van der Waals surface area (Å²) >= 11 is 0. The molecule has 4 aliphatic rings. The van der Waals surface area contributed by atoms with E-state index in [0.717, 1.165) is 38.5 Å². The summed E-state index contributed by atoms with van der Waals surface area (Å²) in [6.07, 6.45) is 10.5. The minimum Gasteiger partial charge on any atom is -0.393 e. The van der Waals surface area contributed by atoms with E-state index >= 15 is 0 Å². The van der Waals surface area contributed by atoms with Crippen LogP contribution in [0.4, 0.5) is 0 Å². The molecule has 0 bridgehead atoms. The molecular formula is C30H50O3. The van der Waals surface area contributed by atoms with Gasteiger partial charge in [0.2, 0.25) is 0 Å². The summed E-state index contributed by atoms with van der Waals surface area (Å²) in [6.45, 7) is 17.9. The van der Waals surface area contributed by atoms with E-state index in [4.69, 9.17) is 0 Å². The summed E-state index contributed by atoms with van der Waals surface area (Å²) in [5.41, 5.74) is 0.406. The second-order valence-corrected chi connectivity index (χ2v) is 14.3. The van der Waals surface area contributed by atoms with Gasteiger partial charge in [-0.2, -0.15) is 0 Å². The Balaban J connectivity index is 1.66. The van der Waals surface area contributed by atoms with Gasteiger partial charge in [-0.3, -0.25) is 4.79 Å². The molecule has 0 spiro atoms. The first-order chi connectivity index (χ1) is 15.1. The Morgan fingerprint density at radius 3 is 2.36 bits per heavy atom. The van der Waals surface area contributed by atoms with E-state index in [2.05, 4.69) is 61.5 Å². The van der Waals surface area contributed by atoms with Crippen LogP contribution in [-0.2, 0) is 4.79 Å². The maximum absolute atomic E-state index is 12.9. The Morgan fingerprint density at radius 2 is 1.73 bits per heavy atom. The molecular weight excluding hydrogens is 408 g/mol. The number of hydrogen-bond acceptors (Lipinski definition) is 3. The van der Waals surface area contributed by atoms with Gasteiger partial charge in [0.25, 0.3) is 0 Å². The predicted molar refractivity (Wildman–Crippen MR) is 135 cm³/mol. The number of rotatable bonds is 4. The molecule has 4 aliphatic carbocycles. The van der Waals surface area contributed by atoms with E-state index in [1.165, 1.54) is 18.4 Å². The summed E-state index contributed by atoms with van der Waals surface area (Å²) in [7, 11) is 0. The van der Waals surface area contributed by atoms with Gasteiger partial charge in [-0.1, -0.05) is 46.3 Å². The van der Waals surface area contributed by atoms with Crippen molar-refractivity contribution >= 4 is 5.78 Å². The number of Topliss-reactive ketones (excluding diaryl/α,β-unsaturated/α-hetero) is 1. The van der Waals surface area contributed by atoms with Gasteiger partial charge in [-0.05, 0) is 106 Å². The Morgan fingerprint density at radius 1 is 1.06 bits per heavy atom. The summed E-state index contributed by atoms with van der Waals surface area (Å²) in [6, 6.07) is 0. The zero-order valence-electron chi connectivity index (χ0n) is 22.6. The summed E-state index contributed by atoms with van der Waals surface area (Å²) < 4.78 is 0. The zero-order chi connectivity index (χ0) is 24.6. The lowest BCUT2D eigenvalue weighted by Gasteiger charge is -2.70. The molecule has 33 heavy (non-hydrogen) atoms. The van der Waals surface area contributed by atoms with E-state index in [1.807, 2.05) is 0 Å². The van der Waals surface area contributed by atoms with Crippen LogP contribution in [0, 0.1) is 45.3 Å². The van der Waals surface area contributed by atoms with Crippen LogP contribution in [0.3, 0.4) is 0 Å². The fraction of sp³-hybridized carbons (Fsp3) is 0.900. The van der Waals surface area contributed by atoms with E-state index in [1.54, 1.807) is 0 Å². The average Bonchev–Trinajstić information content (AvgIpc) is 3.03. The fourth-order valence-electron chi connectivity index (χ4n) is 10.3. The number of fused-ring (bicyclic) bond motifs is 5. The minimum atomic E-state index is -0.642. The quantitative estimate of drug-likeness (QED) is 0.460. The lowest BCUT2D eigenvalue weighted by Crippen LogP contribution is -2.67. The molecule has 3 nitrogen and oxygen atoms in total. The zero-order valence-corrected chi connectivity index (χ0v) is 22.6. The van der Waals surface area contributed by atoms with Crippen molar-refractivity contribution in [2.45, 2.75) is 125 Å². The lowest BCUT2D eigenvalue weighted by molar-refractivity contribution is -0.238. The molecule has 4 fully saturated rings. The molecule has 9 atom stereocenters. The number of aliphatic hydroxyl groups is 2. The van der Waals surface area contributed by atoms with Crippen LogP contribution in [0.5, 0.6) is 0 Å². The van der Waals surface area contributed by atoms with E-state index in [9.17, 15) is 15.0 Å². The van der Waals surface area contributed by atoms with E-state index in [-0.39, 0.29) is 22.2 Å². The van der Waals surface area contributed by atoms with Gasteiger partial charge in [0, 0.05) is 17.8 Å². The number of allylic oxidation sites excluding steroid dienone is 2. The third-order valence-corrected chi connectivity index (χ3v) is 12.0. The van der Waals surface area contributed by atoms with Crippen LogP contribution in [0.15, 0.2) is 11.6 Å². The molecule has 0 amide bonds. The molecule has 0 aromatic heterocycles. The van der Waals surface area contributed by atoms with Crippen LogP contribution < -0.4 is 0 Å². The Hall–Kier alpha value is -0.670. The second kappa shape index (κ2) is 7.92. The first-order valence-electron chi connectivity index (χ1n) is 13.7. The fourth-order valence-corrected chi connectivity index (χ4v) is 10.3. The number of carbonyl (C=O) groups is 1. The molecule has 0 heterocycles. The molecule has 4 unspecified atom stereocenters. The normalized spacial score (nSPS) is 48.3. The van der Waals surface area contributed by atoms with Crippen molar-refractivity contribution in [2.24, 2.45) is 45.3 Å². The maximum Gasteiger partial charge on any atom is 0.138 e. The minimum absolute atomic E-state index is 0.00184. The number of hydrogen-bond donors (Lipinski definition) is 2. The van der Waals surface area contributed by atoms with Crippen LogP contribution in [0.25, 0.3) is 0 Å². The van der Waals surface area contributed by atoms with Crippen molar-refractivity contribution in [3.8, 4) is 0 Å². The summed E-state index contributed by atoms with van der Waals surface area (Å²) in [4.78, 5) is 12.9. The van der Waals surface area contributed by atoms with Gasteiger partial charge < -0.3 is 10.2 Å². The van der Waals surface area contributed by atoms with Gasteiger partial charge in [0.1, 0.15) is 5.78 Å². The SMILES string of the molecule is CC(C)=CCC[C@](C)(O)C1CC[C@]2(C)C1CCC1[C@@]3(C)CCC(=O)C(C)(C)C3[C@@H](O)C[C@@]12C. The Labute approximate surface area is 202 Å². The second-order valence-electron chi connectivity index (χ2n) is 14.3. The highest BCUT2D eigenvalue weighted by molar-refractivity contribution is 5.85. The third-order valence-electron chi connectivity index (χ3n) is 12.0. The van der Waals surface area contributed by atoms with Gasteiger partial charge in [-0.15, -0.1) is 0 Å². The van der Waals surface area contributed by atoms with Crippen molar-refractivity contribution in [2.75, 3.05) is 0 Å². The van der Waals surface area contributed by atoms with Crippen LogP contribution >= 0.6 is 0 Å². The largest absolute Gasteiger partial charge is 0.393 e. The highest BCUT2D eigenvalue weighted by Crippen LogP contribution is 2.75. The van der Waals surface area contributed by atoms with Crippen molar-refractivity contribution in [3.05, 3.63) is 11.6 Å². The third kappa shape index (κ3) is 3.53. The van der Waals surface area contributed by atoms with Gasteiger partial charge in [0.15, 0.2) is 0 Å². The smallest absolute Gasteiger partial charge is 0.138 e. The van der Waals surface area contributed by atoms with Crippen LogP contribution in [0.1, 0.15) is 113 Å². The number of ketones is 1. The summed E-state index contributed by atoms with van der Waals surface area (Å²) in [5.74, 6) is 1.75. The number of carbonyl (C=O) groups excluding carboxylic acids is 1. The molecule has 4 rings (SSSR count). The average molecular weight is 459 g/mol. The van der Waals surface area contributed by atoms with Crippen molar-refractivity contribution in [1.29, 1.82) is 0 Å². The van der Waals surface area contributed by atoms with E-state index < -0.39 is 17.1 Å². The topological polar surface area (TPSA) is 57.5 Å². The van der Waals surface area contributed by atoms with Crippen molar-refractivity contribution < 1.29 is 15.0 Å². The maximum atomic E-state index is 12.9. The van der Waals surface area contributed by atoms with Crippen molar-refractivity contribution in [3.63, 3.8) is 0 Å². The molecule has 0 radical (unpaired) electrons. The first kappa shape index (κ1) is 25.4. The monoisotopic (exact) mass is 458 g/mol. The molecule has 0 aromatic carbocycles. The van der Waals surface area contributed by atoms with E-state index in [0.29, 0.717) is 30.0 Å².